The van der Waals surface area contributed by atoms with Crippen LogP contribution in [0.5, 0.6) is 0 Å². The number of aliphatic hydroxyl groups is 3. The standard InChI is InChI=1S/C18H22F6O3.C18H29F3O3.C14H25F3O3.C12H20O5.2CH4/c1-6-14(2,3)13(25)27-16(5,18(22,23)24)12-9-7-11(8-10-12)15(4,26)17(19,20)21;1-5-16(2,3)15(22)24-14(10-17(4,23)18(19,20)21)13-9-11-6-7-12(13)8-11;1-7-12(4,5)11(18)20-10(9(2)3)8-13(6,19)14(15,16)17;1-5-12(3,4)11(15)17-7-6-16-10(14)8-9(2)13;;/h7-10,26H,6H2,1-5H3;11-14,23H,5-10H2,1-4H3;9-10,19H,7-8H2,1-6H3;5-8H2,1-4H3;2*1H4. The van der Waals surface area contributed by atoms with Crippen LogP contribution in [-0.4, -0.2) is 112 Å². The van der Waals surface area contributed by atoms with Crippen LogP contribution in [0.3, 0.4) is 0 Å². The molecule has 0 aliphatic heterocycles. The molecule has 2 bridgehead atoms. The van der Waals surface area contributed by atoms with Gasteiger partial charge in [0, 0.05) is 18.4 Å². The Labute approximate surface area is 525 Å². The van der Waals surface area contributed by atoms with Crippen LogP contribution < -0.4 is 0 Å². The number of carbonyl (C=O) groups excluding carboxylic acids is 6. The van der Waals surface area contributed by atoms with E-state index in [-0.39, 0.29) is 64.5 Å². The fourth-order valence-corrected chi connectivity index (χ4v) is 8.25. The Balaban J connectivity index is -0.00000113. The molecule has 0 amide bonds. The molecule has 528 valence electrons. The number of hydrogen-bond donors (Lipinski definition) is 3. The summed E-state index contributed by atoms with van der Waals surface area (Å²) >= 11 is 0. The molecule has 14 nitrogen and oxygen atoms in total. The van der Waals surface area contributed by atoms with Gasteiger partial charge in [-0.15, -0.1) is 0 Å². The van der Waals surface area contributed by atoms with Gasteiger partial charge in [0.05, 0.1) is 21.7 Å². The summed E-state index contributed by atoms with van der Waals surface area (Å²) in [6, 6.07) is 2.97. The lowest BCUT2D eigenvalue weighted by Gasteiger charge is -2.37. The number of benzene rings is 1. The summed E-state index contributed by atoms with van der Waals surface area (Å²) in [6.07, 6.45) is -17.0. The molecule has 2 aliphatic rings. The van der Waals surface area contributed by atoms with Crippen molar-refractivity contribution >= 4 is 35.6 Å². The zero-order valence-corrected chi connectivity index (χ0v) is 54.3. The molecule has 1 aromatic rings. The maximum absolute atomic E-state index is 13.7. The van der Waals surface area contributed by atoms with Crippen molar-refractivity contribution in [2.45, 2.75) is 276 Å². The third kappa shape index (κ3) is 25.6. The Morgan fingerprint density at radius 2 is 0.900 bits per heavy atom. The van der Waals surface area contributed by atoms with Crippen LogP contribution in [0.1, 0.15) is 228 Å². The largest absolute Gasteiger partial charge is 0.462 e. The van der Waals surface area contributed by atoms with Gasteiger partial charge < -0.3 is 39.0 Å². The van der Waals surface area contributed by atoms with E-state index in [1.54, 1.807) is 69.2 Å². The summed E-state index contributed by atoms with van der Waals surface area (Å²) in [4.78, 5) is 69.6. The second-order valence-corrected chi connectivity index (χ2v) is 26.7. The van der Waals surface area contributed by atoms with Gasteiger partial charge in [-0.25, -0.2) is 0 Å². The van der Waals surface area contributed by atoms with E-state index in [0.717, 1.165) is 56.9 Å². The zero-order valence-electron chi connectivity index (χ0n) is 54.3. The molecule has 0 radical (unpaired) electrons. The Kier molecular flexibility index (Phi) is 33.7. The van der Waals surface area contributed by atoms with Crippen molar-refractivity contribution in [3.63, 3.8) is 0 Å². The number of ether oxygens (including phenoxy) is 5. The first-order valence-electron chi connectivity index (χ1n) is 29.3. The minimum Gasteiger partial charge on any atom is -0.462 e. The van der Waals surface area contributed by atoms with Crippen LogP contribution in [0, 0.1) is 45.3 Å². The Hall–Kier alpha value is -4.72. The van der Waals surface area contributed by atoms with Crippen molar-refractivity contribution in [3.8, 4) is 0 Å². The van der Waals surface area contributed by atoms with Gasteiger partial charge in [-0.05, 0) is 164 Å². The van der Waals surface area contributed by atoms with Gasteiger partial charge in [-0.3, -0.25) is 28.8 Å². The minimum atomic E-state index is -5.01. The zero-order chi connectivity index (χ0) is 69.6. The lowest BCUT2D eigenvalue weighted by atomic mass is 9.80. The number of hydrogen-bond acceptors (Lipinski definition) is 14. The number of halogens is 12. The van der Waals surface area contributed by atoms with E-state index in [9.17, 15) is 96.8 Å². The van der Waals surface area contributed by atoms with E-state index < -0.39 is 129 Å². The minimum absolute atomic E-state index is 0. The molecule has 2 aliphatic carbocycles. The maximum Gasteiger partial charge on any atom is 0.432 e. The van der Waals surface area contributed by atoms with E-state index in [1.807, 2.05) is 13.8 Å². The summed E-state index contributed by atoms with van der Waals surface area (Å²) < 4.78 is 182. The first-order valence-corrected chi connectivity index (χ1v) is 29.3. The van der Waals surface area contributed by atoms with Crippen LogP contribution in [-0.2, 0) is 63.7 Å². The normalized spacial score (nSPS) is 19.6. The summed E-state index contributed by atoms with van der Waals surface area (Å²) in [6.45, 7) is 27.6. The highest BCUT2D eigenvalue weighted by Gasteiger charge is 2.59. The lowest BCUT2D eigenvalue weighted by molar-refractivity contribution is -0.273. The quantitative estimate of drug-likeness (QED) is 0.0289. The number of fused-ring (bicyclic) bond motifs is 2. The predicted molar refractivity (Wildman–Crippen MR) is 315 cm³/mol. The maximum atomic E-state index is 13.7. The van der Waals surface area contributed by atoms with Crippen LogP contribution in [0.4, 0.5) is 52.7 Å². The second-order valence-electron chi connectivity index (χ2n) is 26.7. The average molecular weight is 1330 g/mol. The summed E-state index contributed by atoms with van der Waals surface area (Å²) in [7, 11) is 0. The van der Waals surface area contributed by atoms with Gasteiger partial charge in [-0.2, -0.15) is 52.7 Å². The predicted octanol–water partition coefficient (Wildman–Crippen LogP) is 16.1. The van der Waals surface area contributed by atoms with Crippen molar-refractivity contribution < 1.29 is 120 Å². The summed E-state index contributed by atoms with van der Waals surface area (Å²) in [5, 5.41) is 29.1. The van der Waals surface area contributed by atoms with E-state index in [2.05, 4.69) is 0 Å². The molecule has 1 aromatic carbocycles. The van der Waals surface area contributed by atoms with Crippen molar-refractivity contribution in [1.82, 2.24) is 0 Å². The molecule has 0 aromatic heterocycles. The van der Waals surface area contributed by atoms with Gasteiger partial charge in [0.15, 0.2) is 16.8 Å². The second kappa shape index (κ2) is 33.9. The number of alkyl halides is 12. The number of esters is 5. The highest BCUT2D eigenvalue weighted by Crippen LogP contribution is 2.52. The molecule has 9 unspecified atom stereocenters. The average Bonchev–Trinajstić information content (AvgIpc) is 0.981. The summed E-state index contributed by atoms with van der Waals surface area (Å²) in [5.74, 6) is -2.83. The van der Waals surface area contributed by atoms with Gasteiger partial charge >= 0.3 is 54.6 Å². The number of rotatable bonds is 24. The number of carbonyl (C=O) groups is 6. The molecular weight excluding hydrogens is 1220 g/mol. The third-order valence-electron chi connectivity index (χ3n) is 17.1. The van der Waals surface area contributed by atoms with Crippen molar-refractivity contribution in [1.29, 1.82) is 0 Å². The van der Waals surface area contributed by atoms with Crippen LogP contribution >= 0.6 is 0 Å². The lowest BCUT2D eigenvalue weighted by Crippen LogP contribution is -2.48. The monoisotopic (exact) mass is 1320 g/mol. The Morgan fingerprint density at radius 3 is 1.26 bits per heavy atom. The van der Waals surface area contributed by atoms with E-state index >= 15 is 0 Å². The molecule has 2 fully saturated rings. The highest BCUT2D eigenvalue weighted by atomic mass is 19.4. The van der Waals surface area contributed by atoms with Gasteiger partial charge in [-0.1, -0.05) is 87.1 Å². The highest BCUT2D eigenvalue weighted by molar-refractivity contribution is 5.94. The molecule has 3 rings (SSSR count). The fourth-order valence-electron chi connectivity index (χ4n) is 8.25. The molecule has 0 spiro atoms. The molecule has 9 atom stereocenters. The van der Waals surface area contributed by atoms with Crippen LogP contribution in [0.25, 0.3) is 0 Å². The molecular formula is C64H104F12O14. The topological polar surface area (TPSA) is 209 Å². The van der Waals surface area contributed by atoms with Gasteiger partial charge in [0.2, 0.25) is 5.60 Å². The SMILES string of the molecule is C.C.CCC(C)(C)C(=O)OC(C)(c1ccc(C(C)(O)C(F)(F)F)cc1)C(F)(F)F.CCC(C)(C)C(=O)OC(CC(C)(O)C(F)(F)F)C(C)C.CCC(C)(C)C(=O)OC(CC(C)(O)C(F)(F)F)C1CC2CCC1C2.CCC(C)(C)C(=O)OCCOC(=O)CC(C)=O. The van der Waals surface area contributed by atoms with Crippen LogP contribution in [0.2, 0.25) is 0 Å². The van der Waals surface area contributed by atoms with Crippen LogP contribution in [0.15, 0.2) is 24.3 Å². The van der Waals surface area contributed by atoms with Crippen molar-refractivity contribution in [2.24, 2.45) is 45.3 Å². The Bertz CT molecular complexity index is 2420. The third-order valence-corrected chi connectivity index (χ3v) is 17.1. The molecule has 26 heteroatoms. The Morgan fingerprint density at radius 1 is 0.511 bits per heavy atom. The van der Waals surface area contributed by atoms with Gasteiger partial charge in [0.25, 0.3) is 0 Å². The fraction of sp³-hybridized carbons (Fsp3) is 0.812. The molecule has 90 heavy (non-hydrogen) atoms. The summed E-state index contributed by atoms with van der Waals surface area (Å²) in [5.41, 5.74) is -16.4. The first-order chi connectivity index (χ1) is 39.3. The molecule has 3 N–H and O–H groups in total. The van der Waals surface area contributed by atoms with E-state index in [4.69, 9.17) is 23.7 Å². The molecule has 0 saturated heterocycles. The molecule has 2 saturated carbocycles. The molecule has 0 heterocycles. The smallest absolute Gasteiger partial charge is 0.432 e. The van der Waals surface area contributed by atoms with E-state index in [1.165, 1.54) is 20.8 Å². The number of Topliss-reactive ketones (excluding diaryl/α,β-unsaturated/α-hetero) is 1. The van der Waals surface area contributed by atoms with E-state index in [0.29, 0.717) is 51.9 Å². The van der Waals surface area contributed by atoms with Crippen molar-refractivity contribution in [2.75, 3.05) is 13.2 Å². The van der Waals surface area contributed by atoms with Gasteiger partial charge in [0.1, 0.15) is 37.6 Å². The number of ketones is 1. The first kappa shape index (κ1) is 89.5. The van der Waals surface area contributed by atoms with Crippen molar-refractivity contribution in [3.05, 3.63) is 35.4 Å².